The van der Waals surface area contributed by atoms with E-state index in [2.05, 4.69) is 10.6 Å². The molecule has 7 nitrogen and oxygen atoms in total. The molecule has 1 aliphatic carbocycles. The van der Waals surface area contributed by atoms with E-state index in [9.17, 15) is 9.59 Å². The third-order valence-electron chi connectivity index (χ3n) is 5.72. The summed E-state index contributed by atoms with van der Waals surface area (Å²) in [6, 6.07) is 0.530. The average Bonchev–Trinajstić information content (AvgIpc) is 3.12. The zero-order valence-electron chi connectivity index (χ0n) is 15.5. The molecule has 0 spiro atoms. The summed E-state index contributed by atoms with van der Waals surface area (Å²) in [5, 5.41) is 6.25. The molecule has 3 amide bonds. The van der Waals surface area contributed by atoms with Crippen molar-refractivity contribution in [3.63, 3.8) is 0 Å². The fourth-order valence-electron chi connectivity index (χ4n) is 4.11. The van der Waals surface area contributed by atoms with Crippen molar-refractivity contribution in [2.24, 2.45) is 5.73 Å². The van der Waals surface area contributed by atoms with Crippen LogP contribution in [0.4, 0.5) is 4.79 Å². The van der Waals surface area contributed by atoms with Crippen molar-refractivity contribution in [1.82, 2.24) is 15.5 Å². The van der Waals surface area contributed by atoms with Crippen LogP contribution in [0.15, 0.2) is 0 Å². The highest BCUT2D eigenvalue weighted by atomic mass is 35.5. The zero-order valence-corrected chi connectivity index (χ0v) is 16.3. The Morgan fingerprint density at radius 3 is 2.19 bits per heavy atom. The number of likely N-dealkylation sites (tertiary alicyclic amines) is 1. The largest absolute Gasteiger partial charge is 0.364 e. The molecule has 2 saturated heterocycles. The Morgan fingerprint density at radius 1 is 0.923 bits per heavy atom. The van der Waals surface area contributed by atoms with E-state index in [1.165, 1.54) is 19.3 Å². The van der Waals surface area contributed by atoms with Crippen molar-refractivity contribution in [1.29, 1.82) is 0 Å². The van der Waals surface area contributed by atoms with Crippen LogP contribution in [0.25, 0.3) is 0 Å². The van der Waals surface area contributed by atoms with Crippen molar-refractivity contribution in [2.75, 3.05) is 19.6 Å². The number of hydrogen-bond donors (Lipinski definition) is 3. The van der Waals surface area contributed by atoms with E-state index in [0.717, 1.165) is 38.5 Å². The van der Waals surface area contributed by atoms with Gasteiger partial charge in [-0.1, -0.05) is 19.3 Å². The van der Waals surface area contributed by atoms with E-state index in [1.807, 2.05) is 4.90 Å². The van der Waals surface area contributed by atoms with Crippen molar-refractivity contribution < 1.29 is 14.3 Å². The fourth-order valence-corrected chi connectivity index (χ4v) is 4.11. The summed E-state index contributed by atoms with van der Waals surface area (Å²) in [5.41, 5.74) is 5.59. The first-order valence-corrected chi connectivity index (χ1v) is 9.87. The van der Waals surface area contributed by atoms with Gasteiger partial charge in [0.15, 0.2) is 0 Å². The molecule has 0 aromatic rings. The number of piperidine rings is 1. The van der Waals surface area contributed by atoms with Crippen molar-refractivity contribution >= 4 is 24.3 Å². The van der Waals surface area contributed by atoms with Gasteiger partial charge in [-0.05, 0) is 38.5 Å². The molecule has 0 radical (unpaired) electrons. The van der Waals surface area contributed by atoms with Gasteiger partial charge in [0.05, 0.1) is 6.10 Å². The number of rotatable bonds is 4. The standard InChI is InChI=1S/C18H32N4O3.ClH/c19-12-15-6-7-16(25-15)17(23)20-14-8-10-22(11-9-14)18(24)21-13-4-2-1-3-5-13;/h13-16H,1-12,19H2,(H,20,23)(H,21,24);1H/t15-,16+;/m1./s1. The number of nitrogens with zero attached hydrogens (tertiary/aromatic N) is 1. The van der Waals surface area contributed by atoms with Gasteiger partial charge in [0, 0.05) is 31.7 Å². The van der Waals surface area contributed by atoms with Crippen LogP contribution in [0, 0.1) is 0 Å². The summed E-state index contributed by atoms with van der Waals surface area (Å²) in [6.45, 7) is 1.86. The van der Waals surface area contributed by atoms with Crippen LogP contribution in [0.2, 0.25) is 0 Å². The van der Waals surface area contributed by atoms with Gasteiger partial charge >= 0.3 is 6.03 Å². The lowest BCUT2D eigenvalue weighted by Crippen LogP contribution is -2.52. The minimum atomic E-state index is -0.360. The predicted molar refractivity (Wildman–Crippen MR) is 102 cm³/mol. The number of carbonyl (C=O) groups is 2. The Hall–Kier alpha value is -1.05. The van der Waals surface area contributed by atoms with E-state index < -0.39 is 0 Å². The first-order valence-electron chi connectivity index (χ1n) is 9.87. The quantitative estimate of drug-likeness (QED) is 0.680. The minimum absolute atomic E-state index is 0. The Balaban J connectivity index is 0.00000243. The Kier molecular flexibility index (Phi) is 8.44. The second kappa shape index (κ2) is 10.3. The predicted octanol–water partition coefficient (Wildman–Crippen LogP) is 1.54. The number of hydrogen-bond acceptors (Lipinski definition) is 4. The molecule has 2 aliphatic heterocycles. The van der Waals surface area contributed by atoms with Crippen molar-refractivity contribution in [2.45, 2.75) is 82.1 Å². The van der Waals surface area contributed by atoms with Gasteiger partial charge in [-0.3, -0.25) is 4.79 Å². The highest BCUT2D eigenvalue weighted by Crippen LogP contribution is 2.20. The number of urea groups is 1. The first kappa shape index (κ1) is 21.3. The maximum absolute atomic E-state index is 12.4. The van der Waals surface area contributed by atoms with Crippen LogP contribution in [0.5, 0.6) is 0 Å². The highest BCUT2D eigenvalue weighted by molar-refractivity contribution is 5.85. The average molecular weight is 389 g/mol. The maximum Gasteiger partial charge on any atom is 0.317 e. The second-order valence-electron chi connectivity index (χ2n) is 7.61. The Labute approximate surface area is 162 Å². The van der Waals surface area contributed by atoms with E-state index in [-0.39, 0.29) is 42.6 Å². The number of carbonyl (C=O) groups excluding carboxylic acids is 2. The molecule has 3 fully saturated rings. The third kappa shape index (κ3) is 5.72. The Bertz CT molecular complexity index is 465. The summed E-state index contributed by atoms with van der Waals surface area (Å²) in [6.07, 6.45) is 8.78. The van der Waals surface area contributed by atoms with Crippen LogP contribution < -0.4 is 16.4 Å². The lowest BCUT2D eigenvalue weighted by Gasteiger charge is -2.34. The van der Waals surface area contributed by atoms with Gasteiger partial charge in [-0.25, -0.2) is 4.79 Å². The molecule has 3 aliphatic rings. The Morgan fingerprint density at radius 2 is 1.58 bits per heavy atom. The van der Waals surface area contributed by atoms with Gasteiger partial charge in [0.1, 0.15) is 6.10 Å². The summed E-state index contributed by atoms with van der Waals surface area (Å²) in [7, 11) is 0. The summed E-state index contributed by atoms with van der Waals surface area (Å²) < 4.78 is 5.65. The highest BCUT2D eigenvalue weighted by Gasteiger charge is 2.32. The molecule has 150 valence electrons. The number of ether oxygens (including phenoxy) is 1. The van der Waals surface area contributed by atoms with Crippen LogP contribution >= 0.6 is 12.4 Å². The number of amides is 3. The minimum Gasteiger partial charge on any atom is -0.364 e. The first-order chi connectivity index (χ1) is 12.2. The lowest BCUT2D eigenvalue weighted by molar-refractivity contribution is -0.132. The SMILES string of the molecule is Cl.NC[C@H]1CC[C@@H](C(=O)NC2CCN(C(=O)NC3CCCCC3)CC2)O1. The molecule has 26 heavy (non-hydrogen) atoms. The molecule has 0 unspecified atom stereocenters. The summed E-state index contributed by atoms with van der Waals surface area (Å²) >= 11 is 0. The maximum atomic E-state index is 12.4. The van der Waals surface area contributed by atoms with E-state index >= 15 is 0 Å². The molecule has 8 heteroatoms. The molecule has 0 aromatic heterocycles. The van der Waals surface area contributed by atoms with Crippen LogP contribution in [0.1, 0.15) is 57.8 Å². The molecule has 0 bridgehead atoms. The van der Waals surface area contributed by atoms with E-state index in [1.54, 1.807) is 0 Å². The van der Waals surface area contributed by atoms with Crippen LogP contribution in [-0.2, 0) is 9.53 Å². The molecule has 2 atom stereocenters. The molecular formula is C18H33ClN4O3. The van der Waals surface area contributed by atoms with Gasteiger partial charge in [0.2, 0.25) is 5.91 Å². The lowest BCUT2D eigenvalue weighted by atomic mass is 9.95. The second-order valence-corrected chi connectivity index (χ2v) is 7.61. The fraction of sp³-hybridized carbons (Fsp3) is 0.889. The number of nitrogens with one attached hydrogen (secondary N) is 2. The topological polar surface area (TPSA) is 96.7 Å². The third-order valence-corrected chi connectivity index (χ3v) is 5.72. The van der Waals surface area contributed by atoms with Gasteiger partial charge < -0.3 is 26.0 Å². The molecule has 0 aromatic carbocycles. The van der Waals surface area contributed by atoms with Crippen molar-refractivity contribution in [3.05, 3.63) is 0 Å². The van der Waals surface area contributed by atoms with Crippen molar-refractivity contribution in [3.8, 4) is 0 Å². The normalized spacial score (nSPS) is 27.7. The molecule has 2 heterocycles. The van der Waals surface area contributed by atoms with Gasteiger partial charge in [-0.2, -0.15) is 0 Å². The molecule has 1 saturated carbocycles. The molecule has 4 N–H and O–H groups in total. The summed E-state index contributed by atoms with van der Waals surface area (Å²) in [5.74, 6) is -0.0268. The van der Waals surface area contributed by atoms with Crippen LogP contribution in [0.3, 0.4) is 0 Å². The van der Waals surface area contributed by atoms with Gasteiger partial charge in [0.25, 0.3) is 0 Å². The zero-order chi connectivity index (χ0) is 17.6. The smallest absolute Gasteiger partial charge is 0.317 e. The van der Waals surface area contributed by atoms with E-state index in [0.29, 0.717) is 25.7 Å². The van der Waals surface area contributed by atoms with E-state index in [4.69, 9.17) is 10.5 Å². The molecule has 3 rings (SSSR count). The number of nitrogens with two attached hydrogens (primary N) is 1. The molecular weight excluding hydrogens is 356 g/mol. The van der Waals surface area contributed by atoms with Gasteiger partial charge in [-0.15, -0.1) is 12.4 Å². The number of halogens is 1. The monoisotopic (exact) mass is 388 g/mol. The summed E-state index contributed by atoms with van der Waals surface area (Å²) in [4.78, 5) is 26.5. The van der Waals surface area contributed by atoms with Crippen LogP contribution in [-0.4, -0.2) is 60.8 Å².